The highest BCUT2D eigenvalue weighted by Gasteiger charge is 2.34. The Morgan fingerprint density at radius 3 is 2.51 bits per heavy atom. The molecule has 41 heavy (non-hydrogen) atoms. The van der Waals surface area contributed by atoms with E-state index in [1.54, 1.807) is 20.8 Å². The van der Waals surface area contributed by atoms with E-state index in [1.807, 2.05) is 44.2 Å². The van der Waals surface area contributed by atoms with Crippen molar-refractivity contribution < 1.29 is 24.3 Å². The van der Waals surface area contributed by atoms with E-state index >= 15 is 0 Å². The van der Waals surface area contributed by atoms with Crippen molar-refractivity contribution in [3.63, 3.8) is 0 Å². The topological polar surface area (TPSA) is 141 Å². The summed E-state index contributed by atoms with van der Waals surface area (Å²) < 4.78 is 0. The molecule has 0 radical (unpaired) electrons. The summed E-state index contributed by atoms with van der Waals surface area (Å²) in [7, 11) is 0. The number of carboxylic acid groups (broad SMARTS) is 1. The maximum atomic E-state index is 13.3. The van der Waals surface area contributed by atoms with Gasteiger partial charge in [0.2, 0.25) is 11.8 Å². The lowest BCUT2D eigenvalue weighted by Gasteiger charge is -2.34. The molecule has 1 aromatic carbocycles. The minimum Gasteiger partial charge on any atom is -0.480 e. The maximum Gasteiger partial charge on any atom is 0.322 e. The van der Waals surface area contributed by atoms with Gasteiger partial charge in [-0.2, -0.15) is 0 Å². The summed E-state index contributed by atoms with van der Waals surface area (Å²) in [5, 5.41) is 17.1. The number of pyridine rings is 1. The Kier molecular flexibility index (Phi) is 10.3. The van der Waals surface area contributed by atoms with Gasteiger partial charge in [-0.1, -0.05) is 45.1 Å². The molecule has 3 amide bonds. The van der Waals surface area contributed by atoms with E-state index in [1.165, 1.54) is 10.6 Å². The van der Waals surface area contributed by atoms with Crippen molar-refractivity contribution in [3.05, 3.63) is 47.2 Å². The first-order valence-electron chi connectivity index (χ1n) is 14.2. The van der Waals surface area contributed by atoms with E-state index < -0.39 is 41.3 Å². The number of fused-ring (bicyclic) bond motifs is 1. The quantitative estimate of drug-likeness (QED) is 0.346. The molecule has 222 valence electrons. The molecule has 3 rings (SSSR count). The lowest BCUT2D eigenvalue weighted by atomic mass is 9.89. The zero-order valence-electron chi connectivity index (χ0n) is 25.1. The average Bonchev–Trinajstić information content (AvgIpc) is 2.93. The molecule has 0 saturated carbocycles. The Bertz CT molecular complexity index is 1340. The van der Waals surface area contributed by atoms with Crippen LogP contribution in [0.15, 0.2) is 30.3 Å². The van der Waals surface area contributed by atoms with Gasteiger partial charge in [-0.15, -0.1) is 0 Å². The van der Waals surface area contributed by atoms with Crippen LogP contribution in [-0.2, 0) is 25.6 Å². The number of hydrogen-bond acceptors (Lipinski definition) is 6. The predicted molar refractivity (Wildman–Crippen MR) is 159 cm³/mol. The summed E-state index contributed by atoms with van der Waals surface area (Å²) in [6.07, 6.45) is 5.50. The van der Waals surface area contributed by atoms with Crippen molar-refractivity contribution in [1.82, 2.24) is 26.1 Å². The molecule has 1 aliphatic rings. The third-order valence-corrected chi connectivity index (χ3v) is 7.45. The molecule has 10 heteroatoms. The second kappa shape index (κ2) is 13.2. The fourth-order valence-electron chi connectivity index (χ4n) is 4.74. The van der Waals surface area contributed by atoms with Gasteiger partial charge in [0.05, 0.1) is 10.9 Å². The average molecular weight is 566 g/mol. The van der Waals surface area contributed by atoms with Crippen LogP contribution in [0.2, 0.25) is 0 Å². The van der Waals surface area contributed by atoms with Crippen molar-refractivity contribution in [3.8, 4) is 0 Å². The molecule has 3 atom stereocenters. The number of nitrogens with zero attached hydrogens (tertiary/aromatic N) is 2. The number of aryl methyl sites for hydroxylation is 2. The third kappa shape index (κ3) is 7.91. The van der Waals surface area contributed by atoms with Gasteiger partial charge in [0.15, 0.2) is 0 Å². The summed E-state index contributed by atoms with van der Waals surface area (Å²) in [4.78, 5) is 55.4. The van der Waals surface area contributed by atoms with Crippen LogP contribution in [0.3, 0.4) is 0 Å². The second-order valence-electron chi connectivity index (χ2n) is 11.7. The van der Waals surface area contributed by atoms with Crippen LogP contribution in [0.25, 0.3) is 17.0 Å². The van der Waals surface area contributed by atoms with Crippen LogP contribution in [-0.4, -0.2) is 63.5 Å². The number of hydrazine groups is 1. The fraction of sp³-hybridized carbons (Fsp3) is 0.516. The zero-order valence-corrected chi connectivity index (χ0v) is 25.1. The van der Waals surface area contributed by atoms with E-state index in [0.717, 1.165) is 28.6 Å². The highest BCUT2D eigenvalue weighted by atomic mass is 16.4. The van der Waals surface area contributed by atoms with Crippen LogP contribution in [0.5, 0.6) is 0 Å². The Hall–Kier alpha value is -3.79. The smallest absolute Gasteiger partial charge is 0.322 e. The number of carbonyl (C=O) groups excluding carboxylic acids is 3. The van der Waals surface area contributed by atoms with Gasteiger partial charge in [-0.3, -0.25) is 29.2 Å². The number of amides is 3. The number of aliphatic carboxylic acids is 1. The van der Waals surface area contributed by atoms with Crippen molar-refractivity contribution in [2.24, 2.45) is 11.3 Å². The first-order chi connectivity index (χ1) is 19.2. The number of benzene rings is 1. The molecule has 0 spiro atoms. The number of aromatic nitrogens is 1. The van der Waals surface area contributed by atoms with Gasteiger partial charge >= 0.3 is 5.97 Å². The summed E-state index contributed by atoms with van der Waals surface area (Å²) in [6.45, 7) is 13.2. The summed E-state index contributed by atoms with van der Waals surface area (Å²) >= 11 is 0. The highest BCUT2D eigenvalue weighted by molar-refractivity contribution is 5.94. The van der Waals surface area contributed by atoms with Gasteiger partial charge in [0.25, 0.3) is 5.91 Å². The first-order valence-corrected chi connectivity index (χ1v) is 14.2. The van der Waals surface area contributed by atoms with E-state index in [4.69, 9.17) is 4.98 Å². The summed E-state index contributed by atoms with van der Waals surface area (Å²) in [5.74, 6) is -2.52. The van der Waals surface area contributed by atoms with Crippen LogP contribution in [0.4, 0.5) is 0 Å². The molecular formula is C31H43N5O5. The number of nitrogens with one attached hydrogen (secondary N) is 3. The molecule has 2 aromatic rings. The lowest BCUT2D eigenvalue weighted by molar-refractivity contribution is -0.148. The highest BCUT2D eigenvalue weighted by Crippen LogP contribution is 2.24. The fourth-order valence-corrected chi connectivity index (χ4v) is 4.74. The van der Waals surface area contributed by atoms with Crippen LogP contribution < -0.4 is 16.1 Å². The van der Waals surface area contributed by atoms with Crippen LogP contribution in [0.1, 0.15) is 71.2 Å². The SMILES string of the molecule is CCc1cc(C)c2ccc(C=CC(C)(C)C(=O)NC(C(=O)NC(C)C(=O)N3CCCC(C(=O)O)N3)C(C)C)cc2n1. The van der Waals surface area contributed by atoms with Crippen molar-refractivity contribution in [2.45, 2.75) is 85.9 Å². The molecule has 4 N–H and O–H groups in total. The monoisotopic (exact) mass is 565 g/mol. The Morgan fingerprint density at radius 1 is 1.17 bits per heavy atom. The zero-order chi connectivity index (χ0) is 30.5. The van der Waals surface area contributed by atoms with Crippen molar-refractivity contribution in [2.75, 3.05) is 6.54 Å². The molecule has 1 aromatic heterocycles. The van der Waals surface area contributed by atoms with Gasteiger partial charge in [-0.25, -0.2) is 5.43 Å². The molecule has 3 unspecified atom stereocenters. The van der Waals surface area contributed by atoms with Crippen molar-refractivity contribution >= 4 is 40.7 Å². The molecule has 2 heterocycles. The third-order valence-electron chi connectivity index (χ3n) is 7.45. The van der Waals surface area contributed by atoms with Gasteiger partial charge < -0.3 is 15.7 Å². The van der Waals surface area contributed by atoms with E-state index in [0.29, 0.717) is 19.4 Å². The largest absolute Gasteiger partial charge is 0.480 e. The predicted octanol–water partition coefficient (Wildman–Crippen LogP) is 3.37. The Labute approximate surface area is 241 Å². The molecule has 0 bridgehead atoms. The number of hydrogen-bond donors (Lipinski definition) is 4. The molecule has 1 aliphatic heterocycles. The second-order valence-corrected chi connectivity index (χ2v) is 11.7. The number of carbonyl (C=O) groups is 4. The standard InChI is InChI=1S/C31H43N5O5/c1-8-22-16-19(4)23-12-11-21(17-25(23)33-22)13-14-31(6,7)30(41)34-26(18(2)3)27(37)32-20(5)28(38)36-15-9-10-24(35-36)29(39)40/h11-14,16-18,20,24,26,35H,8-10,15H2,1-7H3,(H,32,37)(H,34,41)(H,39,40). The van der Waals surface area contributed by atoms with Gasteiger partial charge in [0, 0.05) is 17.6 Å². The summed E-state index contributed by atoms with van der Waals surface area (Å²) in [6, 6.07) is 5.50. The van der Waals surface area contributed by atoms with Crippen molar-refractivity contribution in [1.29, 1.82) is 0 Å². The summed E-state index contributed by atoms with van der Waals surface area (Å²) in [5.41, 5.74) is 5.81. The van der Waals surface area contributed by atoms with Gasteiger partial charge in [-0.05, 0) is 76.1 Å². The molecule has 0 aliphatic carbocycles. The maximum absolute atomic E-state index is 13.3. The number of carboxylic acids is 1. The molecule has 1 fully saturated rings. The van der Waals surface area contributed by atoms with E-state index in [-0.39, 0.29) is 11.8 Å². The van der Waals surface area contributed by atoms with E-state index in [9.17, 15) is 24.3 Å². The molecule has 10 nitrogen and oxygen atoms in total. The first kappa shape index (κ1) is 31.7. The normalized spacial score (nSPS) is 17.5. The Balaban J connectivity index is 1.67. The molecular weight excluding hydrogens is 522 g/mol. The Morgan fingerprint density at radius 2 is 1.88 bits per heavy atom. The lowest BCUT2D eigenvalue weighted by Crippen LogP contribution is -2.61. The minimum atomic E-state index is -1.03. The van der Waals surface area contributed by atoms with Crippen LogP contribution in [0, 0.1) is 18.3 Å². The van der Waals surface area contributed by atoms with Gasteiger partial charge in [0.1, 0.15) is 18.1 Å². The van der Waals surface area contributed by atoms with Crippen LogP contribution >= 0.6 is 0 Å². The van der Waals surface area contributed by atoms with E-state index in [2.05, 4.69) is 36.0 Å². The minimum absolute atomic E-state index is 0.243. The molecule has 1 saturated heterocycles. The number of rotatable bonds is 10.